The lowest BCUT2D eigenvalue weighted by Gasteiger charge is -2.17. The van der Waals surface area contributed by atoms with Gasteiger partial charge < -0.3 is 20.1 Å². The van der Waals surface area contributed by atoms with Crippen LogP contribution in [0, 0.1) is 5.82 Å². The molecule has 166 valence electrons. The molecule has 2 aromatic carbocycles. The summed E-state index contributed by atoms with van der Waals surface area (Å²) in [7, 11) is 1.55. The zero-order chi connectivity index (χ0) is 22.9. The molecule has 0 aliphatic rings. The summed E-state index contributed by atoms with van der Waals surface area (Å²) in [5.74, 6) is -0.118. The monoisotopic (exact) mass is 437 g/mol. The molecule has 0 spiro atoms. The standard InChI is InChI=1S/C24H24FN3O4/c1-16(28-23(29)14-27-24(30)18-3-6-20(25)7-4-18)19-5-8-21(22(13-19)31-2)32-15-17-9-11-26-12-10-17/h3-13,16H,14-15H2,1-2H3,(H,27,30)(H,28,29). The Morgan fingerprint density at radius 2 is 1.75 bits per heavy atom. The Balaban J connectivity index is 1.54. The zero-order valence-electron chi connectivity index (χ0n) is 17.8. The van der Waals surface area contributed by atoms with E-state index in [-0.39, 0.29) is 24.1 Å². The van der Waals surface area contributed by atoms with Gasteiger partial charge in [0, 0.05) is 18.0 Å². The van der Waals surface area contributed by atoms with Gasteiger partial charge in [-0.15, -0.1) is 0 Å². The number of ether oxygens (including phenoxy) is 2. The highest BCUT2D eigenvalue weighted by atomic mass is 19.1. The third kappa shape index (κ3) is 6.28. The van der Waals surface area contributed by atoms with E-state index in [1.165, 1.54) is 24.3 Å². The van der Waals surface area contributed by atoms with E-state index in [0.29, 0.717) is 18.1 Å². The first-order valence-electron chi connectivity index (χ1n) is 9.99. The van der Waals surface area contributed by atoms with Crippen LogP contribution in [0.4, 0.5) is 4.39 Å². The lowest BCUT2D eigenvalue weighted by molar-refractivity contribution is -0.120. The van der Waals surface area contributed by atoms with Crippen molar-refractivity contribution in [3.63, 3.8) is 0 Å². The zero-order valence-corrected chi connectivity index (χ0v) is 17.8. The van der Waals surface area contributed by atoms with E-state index in [1.807, 2.05) is 25.1 Å². The van der Waals surface area contributed by atoms with Crippen LogP contribution in [0.25, 0.3) is 0 Å². The molecule has 0 bridgehead atoms. The van der Waals surface area contributed by atoms with Gasteiger partial charge in [0.2, 0.25) is 5.91 Å². The molecule has 1 unspecified atom stereocenters. The highest BCUT2D eigenvalue weighted by Crippen LogP contribution is 2.31. The van der Waals surface area contributed by atoms with E-state index < -0.39 is 11.7 Å². The second kappa shape index (κ2) is 10.9. The van der Waals surface area contributed by atoms with Crippen molar-refractivity contribution in [2.75, 3.05) is 13.7 Å². The number of aromatic nitrogens is 1. The van der Waals surface area contributed by atoms with Crippen LogP contribution < -0.4 is 20.1 Å². The maximum Gasteiger partial charge on any atom is 0.251 e. The topological polar surface area (TPSA) is 89.6 Å². The number of hydrogen-bond acceptors (Lipinski definition) is 5. The molecule has 0 fully saturated rings. The van der Waals surface area contributed by atoms with E-state index >= 15 is 0 Å². The highest BCUT2D eigenvalue weighted by molar-refractivity contribution is 5.96. The van der Waals surface area contributed by atoms with Crippen LogP contribution >= 0.6 is 0 Å². The summed E-state index contributed by atoms with van der Waals surface area (Å²) in [6.07, 6.45) is 3.40. The number of pyridine rings is 1. The Morgan fingerprint density at radius 3 is 2.44 bits per heavy atom. The fourth-order valence-electron chi connectivity index (χ4n) is 2.95. The maximum atomic E-state index is 13.0. The number of nitrogens with one attached hydrogen (secondary N) is 2. The van der Waals surface area contributed by atoms with E-state index in [2.05, 4.69) is 15.6 Å². The first-order valence-corrected chi connectivity index (χ1v) is 9.99. The van der Waals surface area contributed by atoms with Gasteiger partial charge in [-0.25, -0.2) is 4.39 Å². The quantitative estimate of drug-likeness (QED) is 0.536. The summed E-state index contributed by atoms with van der Waals surface area (Å²) in [4.78, 5) is 28.3. The number of methoxy groups -OCH3 is 1. The highest BCUT2D eigenvalue weighted by Gasteiger charge is 2.14. The number of halogens is 1. The first-order chi connectivity index (χ1) is 15.5. The predicted molar refractivity (Wildman–Crippen MR) is 117 cm³/mol. The lowest BCUT2D eigenvalue weighted by Crippen LogP contribution is -2.38. The van der Waals surface area contributed by atoms with Crippen molar-refractivity contribution in [3.05, 3.63) is 89.5 Å². The van der Waals surface area contributed by atoms with Crippen LogP contribution in [0.2, 0.25) is 0 Å². The average Bonchev–Trinajstić information content (AvgIpc) is 2.82. The number of carbonyl (C=O) groups is 2. The molecule has 1 heterocycles. The van der Waals surface area contributed by atoms with Crippen LogP contribution in [0.1, 0.15) is 34.5 Å². The average molecular weight is 437 g/mol. The Labute approximate surface area is 185 Å². The molecule has 1 aromatic heterocycles. The Hall–Kier alpha value is -3.94. The normalized spacial score (nSPS) is 11.3. The molecule has 3 aromatic rings. The molecule has 2 N–H and O–H groups in total. The molecule has 2 amide bonds. The van der Waals surface area contributed by atoms with Gasteiger partial charge in [0.1, 0.15) is 12.4 Å². The Kier molecular flexibility index (Phi) is 7.75. The summed E-state index contributed by atoms with van der Waals surface area (Å²) in [6.45, 7) is 2.00. The van der Waals surface area contributed by atoms with E-state index in [9.17, 15) is 14.0 Å². The summed E-state index contributed by atoms with van der Waals surface area (Å²) in [5.41, 5.74) is 2.07. The molecule has 3 rings (SSSR count). The minimum atomic E-state index is -0.454. The van der Waals surface area contributed by atoms with Gasteiger partial charge in [0.15, 0.2) is 11.5 Å². The van der Waals surface area contributed by atoms with Crippen LogP contribution in [0.3, 0.4) is 0 Å². The van der Waals surface area contributed by atoms with Crippen molar-refractivity contribution in [1.29, 1.82) is 0 Å². The molecule has 7 nitrogen and oxygen atoms in total. The van der Waals surface area contributed by atoms with Crippen LogP contribution in [0.15, 0.2) is 67.0 Å². The minimum absolute atomic E-state index is 0.204. The molecular formula is C24H24FN3O4. The second-order valence-electron chi connectivity index (χ2n) is 7.03. The predicted octanol–water partition coefficient (Wildman–Crippen LogP) is 3.42. The van der Waals surface area contributed by atoms with Crippen molar-refractivity contribution in [2.24, 2.45) is 0 Å². The first kappa shape index (κ1) is 22.7. The third-order valence-corrected chi connectivity index (χ3v) is 4.72. The Bertz CT molecular complexity index is 1060. The van der Waals surface area contributed by atoms with Crippen molar-refractivity contribution < 1.29 is 23.5 Å². The fourth-order valence-corrected chi connectivity index (χ4v) is 2.95. The molecule has 32 heavy (non-hydrogen) atoms. The van der Waals surface area contributed by atoms with Gasteiger partial charge in [0.05, 0.1) is 19.7 Å². The molecule has 0 saturated carbocycles. The maximum absolute atomic E-state index is 13.0. The van der Waals surface area contributed by atoms with Gasteiger partial charge >= 0.3 is 0 Å². The van der Waals surface area contributed by atoms with Gasteiger partial charge in [-0.05, 0) is 66.6 Å². The van der Waals surface area contributed by atoms with Gasteiger partial charge in [0.25, 0.3) is 5.91 Å². The molecule has 1 atom stereocenters. The smallest absolute Gasteiger partial charge is 0.251 e. The largest absolute Gasteiger partial charge is 0.493 e. The number of carbonyl (C=O) groups excluding carboxylic acids is 2. The number of amides is 2. The van der Waals surface area contributed by atoms with E-state index in [0.717, 1.165) is 11.1 Å². The van der Waals surface area contributed by atoms with Crippen molar-refractivity contribution >= 4 is 11.8 Å². The Morgan fingerprint density at radius 1 is 1.03 bits per heavy atom. The van der Waals surface area contributed by atoms with Crippen LogP contribution in [-0.2, 0) is 11.4 Å². The lowest BCUT2D eigenvalue weighted by atomic mass is 10.1. The minimum Gasteiger partial charge on any atom is -0.493 e. The third-order valence-electron chi connectivity index (χ3n) is 4.72. The van der Waals surface area contributed by atoms with E-state index in [1.54, 1.807) is 31.6 Å². The van der Waals surface area contributed by atoms with Gasteiger partial charge in [-0.2, -0.15) is 0 Å². The SMILES string of the molecule is COc1cc(C(C)NC(=O)CNC(=O)c2ccc(F)cc2)ccc1OCc1ccncc1. The van der Waals surface area contributed by atoms with Crippen molar-refractivity contribution in [2.45, 2.75) is 19.6 Å². The van der Waals surface area contributed by atoms with Crippen LogP contribution in [0.5, 0.6) is 11.5 Å². The van der Waals surface area contributed by atoms with Crippen molar-refractivity contribution in [3.8, 4) is 11.5 Å². The van der Waals surface area contributed by atoms with Gasteiger partial charge in [-0.1, -0.05) is 6.07 Å². The molecule has 0 aliphatic heterocycles. The second-order valence-corrected chi connectivity index (χ2v) is 7.03. The summed E-state index contributed by atoms with van der Waals surface area (Å²) in [6, 6.07) is 13.9. The molecule has 0 saturated heterocycles. The fraction of sp³-hybridized carbons (Fsp3) is 0.208. The van der Waals surface area contributed by atoms with E-state index in [4.69, 9.17) is 9.47 Å². The van der Waals surface area contributed by atoms with Gasteiger partial charge in [-0.3, -0.25) is 14.6 Å². The summed E-state index contributed by atoms with van der Waals surface area (Å²) in [5, 5.41) is 5.34. The molecule has 0 radical (unpaired) electrons. The number of nitrogens with zero attached hydrogens (tertiary/aromatic N) is 1. The summed E-state index contributed by atoms with van der Waals surface area (Å²) >= 11 is 0. The van der Waals surface area contributed by atoms with Crippen LogP contribution in [-0.4, -0.2) is 30.5 Å². The molecule has 0 aliphatic carbocycles. The van der Waals surface area contributed by atoms with Crippen molar-refractivity contribution in [1.82, 2.24) is 15.6 Å². The number of rotatable bonds is 9. The number of hydrogen-bond donors (Lipinski definition) is 2. The number of benzene rings is 2. The summed E-state index contributed by atoms with van der Waals surface area (Å²) < 4.78 is 24.2. The molecule has 8 heteroatoms. The molecular weight excluding hydrogens is 413 g/mol.